The third-order valence-electron chi connectivity index (χ3n) is 2.57. The van der Waals surface area contributed by atoms with Crippen LogP contribution in [0.1, 0.15) is 23.7 Å². The summed E-state index contributed by atoms with van der Waals surface area (Å²) < 4.78 is 0. The fraction of sp³-hybridized carbons (Fsp3) is 0.267. The summed E-state index contributed by atoms with van der Waals surface area (Å²) in [5, 5.41) is 7.53. The van der Waals surface area contributed by atoms with E-state index in [1.54, 1.807) is 30.3 Å². The Bertz CT molecular complexity index is 541. The zero-order chi connectivity index (χ0) is 15.7. The van der Waals surface area contributed by atoms with Crippen molar-refractivity contribution in [2.75, 3.05) is 18.4 Å². The van der Waals surface area contributed by atoms with Gasteiger partial charge in [0.2, 0.25) is 0 Å². The molecule has 0 aliphatic rings. The Balaban J connectivity index is 2.79. The Morgan fingerprint density at radius 3 is 2.52 bits per heavy atom. The second kappa shape index (κ2) is 8.52. The zero-order valence-corrected chi connectivity index (χ0v) is 11.9. The van der Waals surface area contributed by atoms with E-state index in [0.717, 1.165) is 6.42 Å². The van der Waals surface area contributed by atoms with Crippen molar-refractivity contribution in [3.8, 4) is 0 Å². The predicted molar refractivity (Wildman–Crippen MR) is 80.9 cm³/mol. The molecule has 6 nitrogen and oxygen atoms in total. The van der Waals surface area contributed by atoms with Crippen LogP contribution >= 0.6 is 0 Å². The smallest absolute Gasteiger partial charge is 0.313 e. The van der Waals surface area contributed by atoms with Crippen LogP contribution in [0.2, 0.25) is 0 Å². The Morgan fingerprint density at radius 2 is 1.86 bits per heavy atom. The summed E-state index contributed by atoms with van der Waals surface area (Å²) in [6.07, 6.45) is 2.29. The van der Waals surface area contributed by atoms with Crippen LogP contribution < -0.4 is 16.0 Å². The van der Waals surface area contributed by atoms with Gasteiger partial charge in [-0.2, -0.15) is 0 Å². The number of para-hydroxylation sites is 1. The highest BCUT2D eigenvalue weighted by molar-refractivity contribution is 6.40. The van der Waals surface area contributed by atoms with Crippen molar-refractivity contribution >= 4 is 23.4 Å². The van der Waals surface area contributed by atoms with E-state index < -0.39 is 11.8 Å². The van der Waals surface area contributed by atoms with Crippen molar-refractivity contribution in [2.24, 2.45) is 0 Å². The standard InChI is InChI=1S/C15H19N3O3/c1-3-9-16-13(19)11-7-5-6-8-12(11)18-15(21)14(20)17-10-4-2/h3,5-8H,1,4,9-10H2,2H3,(H,16,19)(H,17,20)(H,18,21). The molecule has 0 radical (unpaired) electrons. The minimum absolute atomic E-state index is 0.288. The van der Waals surface area contributed by atoms with E-state index in [1.807, 2.05) is 6.92 Å². The molecule has 0 saturated heterocycles. The van der Waals surface area contributed by atoms with Crippen LogP contribution in [0.3, 0.4) is 0 Å². The molecule has 0 aliphatic heterocycles. The zero-order valence-electron chi connectivity index (χ0n) is 11.9. The first-order chi connectivity index (χ1) is 10.1. The molecule has 0 heterocycles. The lowest BCUT2D eigenvalue weighted by molar-refractivity contribution is -0.136. The van der Waals surface area contributed by atoms with Crippen molar-refractivity contribution < 1.29 is 14.4 Å². The fourth-order valence-electron chi connectivity index (χ4n) is 1.55. The summed E-state index contributed by atoms with van der Waals surface area (Å²) in [7, 11) is 0. The normalized spacial score (nSPS) is 9.57. The van der Waals surface area contributed by atoms with Gasteiger partial charge in [-0.15, -0.1) is 6.58 Å². The van der Waals surface area contributed by atoms with Crippen LogP contribution in [0.15, 0.2) is 36.9 Å². The Labute approximate surface area is 123 Å². The topological polar surface area (TPSA) is 87.3 Å². The molecule has 1 aromatic carbocycles. The molecule has 21 heavy (non-hydrogen) atoms. The van der Waals surface area contributed by atoms with Crippen molar-refractivity contribution in [3.05, 3.63) is 42.5 Å². The van der Waals surface area contributed by atoms with Gasteiger partial charge in [0.15, 0.2) is 0 Å². The van der Waals surface area contributed by atoms with Gasteiger partial charge in [-0.05, 0) is 18.6 Å². The Hall–Kier alpha value is -2.63. The molecule has 0 unspecified atom stereocenters. The Kier molecular flexibility index (Phi) is 6.67. The van der Waals surface area contributed by atoms with E-state index in [-0.39, 0.29) is 17.2 Å². The van der Waals surface area contributed by atoms with Gasteiger partial charge in [0.1, 0.15) is 0 Å². The number of benzene rings is 1. The molecule has 0 aromatic heterocycles. The van der Waals surface area contributed by atoms with E-state index in [2.05, 4.69) is 22.5 Å². The van der Waals surface area contributed by atoms with Crippen LogP contribution in [0.4, 0.5) is 5.69 Å². The summed E-state index contributed by atoms with van der Waals surface area (Å²) >= 11 is 0. The average molecular weight is 289 g/mol. The molecule has 6 heteroatoms. The molecule has 0 aliphatic carbocycles. The molecule has 0 atom stereocenters. The summed E-state index contributed by atoms with van der Waals surface area (Å²) in [6, 6.07) is 6.48. The second-order valence-corrected chi connectivity index (χ2v) is 4.25. The van der Waals surface area contributed by atoms with Crippen molar-refractivity contribution in [2.45, 2.75) is 13.3 Å². The highest BCUT2D eigenvalue weighted by Crippen LogP contribution is 2.14. The number of anilines is 1. The first-order valence-corrected chi connectivity index (χ1v) is 6.67. The van der Waals surface area contributed by atoms with E-state index in [0.29, 0.717) is 13.1 Å². The molecule has 0 bridgehead atoms. The van der Waals surface area contributed by atoms with E-state index in [9.17, 15) is 14.4 Å². The maximum Gasteiger partial charge on any atom is 0.313 e. The van der Waals surface area contributed by atoms with Gasteiger partial charge < -0.3 is 16.0 Å². The summed E-state index contributed by atoms with van der Waals surface area (Å²) in [5.74, 6) is -1.87. The number of rotatable bonds is 6. The van der Waals surface area contributed by atoms with Crippen LogP contribution in [0.5, 0.6) is 0 Å². The minimum atomic E-state index is -0.799. The molecule has 0 spiro atoms. The lowest BCUT2D eigenvalue weighted by atomic mass is 10.1. The molecule has 1 aromatic rings. The first kappa shape index (κ1) is 16.4. The van der Waals surface area contributed by atoms with E-state index in [4.69, 9.17) is 0 Å². The predicted octanol–water partition coefficient (Wildman–Crippen LogP) is 1.07. The monoisotopic (exact) mass is 289 g/mol. The third kappa shape index (κ3) is 5.10. The summed E-state index contributed by atoms with van der Waals surface area (Å²) in [5.41, 5.74) is 0.576. The molecule has 1 rings (SSSR count). The largest absolute Gasteiger partial charge is 0.349 e. The highest BCUT2D eigenvalue weighted by atomic mass is 16.2. The second-order valence-electron chi connectivity index (χ2n) is 4.25. The quantitative estimate of drug-likeness (QED) is 0.540. The number of carbonyl (C=O) groups is 3. The van der Waals surface area contributed by atoms with E-state index >= 15 is 0 Å². The third-order valence-corrected chi connectivity index (χ3v) is 2.57. The molecular formula is C15H19N3O3. The van der Waals surface area contributed by atoms with Crippen LogP contribution in [0.25, 0.3) is 0 Å². The van der Waals surface area contributed by atoms with Crippen molar-refractivity contribution in [1.82, 2.24) is 10.6 Å². The van der Waals surface area contributed by atoms with Crippen LogP contribution in [0, 0.1) is 0 Å². The van der Waals surface area contributed by atoms with Gasteiger partial charge in [-0.1, -0.05) is 25.1 Å². The van der Waals surface area contributed by atoms with E-state index in [1.165, 1.54) is 0 Å². The molecule has 3 amide bonds. The number of hydrogen-bond donors (Lipinski definition) is 3. The average Bonchev–Trinajstić information content (AvgIpc) is 2.50. The van der Waals surface area contributed by atoms with Gasteiger partial charge in [0, 0.05) is 13.1 Å². The summed E-state index contributed by atoms with van der Waals surface area (Å²) in [6.45, 7) is 6.14. The van der Waals surface area contributed by atoms with Crippen molar-refractivity contribution in [3.63, 3.8) is 0 Å². The van der Waals surface area contributed by atoms with Gasteiger partial charge in [-0.25, -0.2) is 0 Å². The van der Waals surface area contributed by atoms with Gasteiger partial charge in [-0.3, -0.25) is 14.4 Å². The first-order valence-electron chi connectivity index (χ1n) is 6.67. The van der Waals surface area contributed by atoms with Crippen LogP contribution in [-0.4, -0.2) is 30.8 Å². The molecule has 112 valence electrons. The lowest BCUT2D eigenvalue weighted by Crippen LogP contribution is -2.36. The van der Waals surface area contributed by atoms with Gasteiger partial charge in [0.25, 0.3) is 5.91 Å². The number of nitrogens with one attached hydrogen (secondary N) is 3. The van der Waals surface area contributed by atoms with Gasteiger partial charge >= 0.3 is 11.8 Å². The van der Waals surface area contributed by atoms with Crippen LogP contribution in [-0.2, 0) is 9.59 Å². The Morgan fingerprint density at radius 1 is 1.14 bits per heavy atom. The SMILES string of the molecule is C=CCNC(=O)c1ccccc1NC(=O)C(=O)NCCC. The molecular weight excluding hydrogens is 270 g/mol. The maximum absolute atomic E-state index is 11.9. The van der Waals surface area contributed by atoms with Crippen molar-refractivity contribution in [1.29, 1.82) is 0 Å². The maximum atomic E-state index is 11.9. The number of hydrogen-bond acceptors (Lipinski definition) is 3. The molecule has 0 saturated carbocycles. The summed E-state index contributed by atoms with van der Waals surface area (Å²) in [4.78, 5) is 35.2. The number of carbonyl (C=O) groups excluding carboxylic acids is 3. The fourth-order valence-corrected chi connectivity index (χ4v) is 1.55. The molecule has 3 N–H and O–H groups in total. The minimum Gasteiger partial charge on any atom is -0.349 e. The van der Waals surface area contributed by atoms with Gasteiger partial charge in [0.05, 0.1) is 11.3 Å². The highest BCUT2D eigenvalue weighted by Gasteiger charge is 2.16. The lowest BCUT2D eigenvalue weighted by Gasteiger charge is -2.10. The molecule has 0 fully saturated rings. The number of amides is 3.